The largest absolute Gasteiger partial charge is 0.489 e. The third-order valence-electron chi connectivity index (χ3n) is 12.6. The average Bonchev–Trinajstić information content (AvgIpc) is 3.31. The first kappa shape index (κ1) is 46.8. The van der Waals surface area contributed by atoms with Gasteiger partial charge in [-0.2, -0.15) is 0 Å². The molecule has 342 valence electrons. The molecule has 0 saturated heterocycles. The minimum Gasteiger partial charge on any atom is -0.489 e. The number of aliphatic hydroxyl groups is 2. The number of halogens is 2. The SMILES string of the molecule is C=CCO[C@@]12Oc3ccc(OCc4ccccc4F)cc3[C@H]3[C@H](CCCCO)[C@@H](CCCCO)C=C(C(=NOC)C[C@@H]1N(Cc1ccc(F)cc1)C(=O)C=Cc1ccc([N+](=O)[O-])cc1)[C@H]32. The number of carbonyl (C=O) groups excluding carboxylic acids is 1. The summed E-state index contributed by atoms with van der Waals surface area (Å²) in [6.45, 7) is 4.10. The second-order valence-corrected chi connectivity index (χ2v) is 16.6. The molecule has 1 fully saturated rings. The molecule has 1 heterocycles. The summed E-state index contributed by atoms with van der Waals surface area (Å²) in [5.41, 5.74) is 3.75. The van der Waals surface area contributed by atoms with Gasteiger partial charge in [0, 0.05) is 61.4 Å². The molecule has 65 heavy (non-hydrogen) atoms. The van der Waals surface area contributed by atoms with Crippen molar-refractivity contribution in [3.63, 3.8) is 0 Å². The molecule has 0 unspecified atom stereocenters. The van der Waals surface area contributed by atoms with Crippen LogP contribution in [-0.4, -0.2) is 70.4 Å². The number of allylic oxidation sites excluding steroid dienone is 1. The number of oxime groups is 1. The smallest absolute Gasteiger partial charge is 0.269 e. The van der Waals surface area contributed by atoms with E-state index in [-0.39, 0.29) is 68.7 Å². The summed E-state index contributed by atoms with van der Waals surface area (Å²) >= 11 is 0. The molecule has 4 aromatic rings. The van der Waals surface area contributed by atoms with E-state index >= 15 is 0 Å². The highest BCUT2D eigenvalue weighted by molar-refractivity contribution is 6.03. The van der Waals surface area contributed by atoms with E-state index < -0.39 is 34.4 Å². The maximum atomic E-state index is 15.0. The topological polar surface area (TPSA) is 153 Å². The molecule has 0 bridgehead atoms. The van der Waals surface area contributed by atoms with Crippen molar-refractivity contribution in [2.45, 2.75) is 75.8 Å². The zero-order valence-electron chi connectivity index (χ0n) is 36.4. The summed E-state index contributed by atoms with van der Waals surface area (Å²) in [4.78, 5) is 33.0. The number of hydrogen-bond donors (Lipinski definition) is 2. The first-order valence-electron chi connectivity index (χ1n) is 22.1. The molecule has 2 N–H and O–H groups in total. The highest BCUT2D eigenvalue weighted by Crippen LogP contribution is 2.62. The van der Waals surface area contributed by atoms with Crippen molar-refractivity contribution < 1.29 is 47.8 Å². The lowest BCUT2D eigenvalue weighted by atomic mass is 9.55. The van der Waals surface area contributed by atoms with Gasteiger partial charge in [0.2, 0.25) is 11.7 Å². The highest BCUT2D eigenvalue weighted by atomic mass is 19.1. The predicted octanol–water partition coefficient (Wildman–Crippen LogP) is 9.46. The van der Waals surface area contributed by atoms with Crippen LogP contribution in [0.5, 0.6) is 11.5 Å². The van der Waals surface area contributed by atoms with E-state index in [1.165, 1.54) is 43.5 Å². The van der Waals surface area contributed by atoms with Crippen molar-refractivity contribution in [3.8, 4) is 11.5 Å². The number of nitro groups is 1. The summed E-state index contributed by atoms with van der Waals surface area (Å²) in [5, 5.41) is 35.8. The van der Waals surface area contributed by atoms with Crippen LogP contribution in [-0.2, 0) is 27.5 Å². The van der Waals surface area contributed by atoms with Crippen molar-refractivity contribution in [3.05, 3.63) is 165 Å². The number of nitro benzene ring substituents is 1. The van der Waals surface area contributed by atoms with Gasteiger partial charge in [0.15, 0.2) is 0 Å². The lowest BCUT2D eigenvalue weighted by Gasteiger charge is -2.60. The standard InChI is InChI=1S/C51H55F2N3O9/c1-3-28-64-51-47(55(32-35-14-19-38(52)20-15-35)48(59)25-18-34-16-21-39(22-17-34)56(60)61)31-45(54-62-2)42-29-36(10-6-8-26-57)41(12-7-9-27-58)49(50(42)51)43-30-40(23-24-46(43)65-51)63-33-37-11-4-5-13-44(37)53/h3-5,11,13-25,29-30,36,41,47,49-50,57-58H,1,6-10,12,26-28,31-33H2,2H3/t36-,41+,47-,49+,50+,51+/m0/s1. The fraction of sp³-hybridized carbons (Fsp3) is 0.373. The number of rotatable bonds is 21. The molecule has 1 saturated carbocycles. The van der Waals surface area contributed by atoms with Gasteiger partial charge in [-0.05, 0) is 109 Å². The predicted molar refractivity (Wildman–Crippen MR) is 242 cm³/mol. The number of nitrogens with zero attached hydrogens (tertiary/aromatic N) is 3. The Balaban J connectivity index is 1.42. The number of hydrogen-bond acceptors (Lipinski definition) is 10. The third kappa shape index (κ3) is 10.5. The Morgan fingerprint density at radius 1 is 1.00 bits per heavy atom. The van der Waals surface area contributed by atoms with Crippen LogP contribution in [0, 0.1) is 39.5 Å². The molecule has 12 nitrogen and oxygen atoms in total. The summed E-state index contributed by atoms with van der Waals surface area (Å²) in [5.74, 6) is -2.86. The van der Waals surface area contributed by atoms with Crippen molar-refractivity contribution in [1.29, 1.82) is 0 Å². The number of amides is 1. The number of ether oxygens (including phenoxy) is 3. The Morgan fingerprint density at radius 3 is 2.43 bits per heavy atom. The minimum atomic E-state index is -1.58. The van der Waals surface area contributed by atoms with Gasteiger partial charge in [-0.15, -0.1) is 6.58 Å². The summed E-state index contributed by atoms with van der Waals surface area (Å²) in [6.07, 6.45) is 11.1. The Morgan fingerprint density at radius 2 is 1.74 bits per heavy atom. The number of aliphatic hydroxyl groups excluding tert-OH is 2. The molecule has 0 radical (unpaired) electrons. The summed E-state index contributed by atoms with van der Waals surface area (Å²) < 4.78 is 49.7. The summed E-state index contributed by atoms with van der Waals surface area (Å²) in [6, 6.07) is 22.8. The minimum absolute atomic E-state index is 0.00698. The van der Waals surface area contributed by atoms with Crippen molar-refractivity contribution in [1.82, 2.24) is 4.90 Å². The summed E-state index contributed by atoms with van der Waals surface area (Å²) in [7, 11) is 1.47. The Labute approximate surface area is 377 Å². The number of benzene rings is 4. The molecule has 2 aliphatic carbocycles. The number of unbranched alkanes of at least 4 members (excludes halogenated alkanes) is 2. The van der Waals surface area contributed by atoms with Crippen LogP contribution in [0.1, 0.15) is 73.1 Å². The van der Waals surface area contributed by atoms with E-state index in [0.717, 1.165) is 30.4 Å². The number of fused-ring (bicyclic) bond motifs is 2. The van der Waals surface area contributed by atoms with Gasteiger partial charge in [0.1, 0.15) is 42.9 Å². The average molecular weight is 892 g/mol. The Kier molecular flexibility index (Phi) is 15.6. The maximum absolute atomic E-state index is 15.0. The van der Waals surface area contributed by atoms with Crippen molar-refractivity contribution in [2.75, 3.05) is 26.9 Å². The van der Waals surface area contributed by atoms with E-state index in [2.05, 4.69) is 17.8 Å². The fourth-order valence-electron chi connectivity index (χ4n) is 9.72. The van der Waals surface area contributed by atoms with Crippen LogP contribution >= 0.6 is 0 Å². The van der Waals surface area contributed by atoms with Gasteiger partial charge in [-0.1, -0.05) is 60.5 Å². The maximum Gasteiger partial charge on any atom is 0.269 e. The third-order valence-corrected chi connectivity index (χ3v) is 12.6. The normalized spacial score (nSPS) is 22.6. The first-order chi connectivity index (χ1) is 31.6. The van der Waals surface area contributed by atoms with E-state index in [1.54, 1.807) is 65.6 Å². The van der Waals surface area contributed by atoms with Gasteiger partial charge in [-0.3, -0.25) is 14.9 Å². The molecule has 0 spiro atoms. The van der Waals surface area contributed by atoms with Crippen LogP contribution in [0.2, 0.25) is 0 Å². The Hall–Kier alpha value is -6.22. The van der Waals surface area contributed by atoms with Gasteiger partial charge in [-0.25, -0.2) is 8.78 Å². The fourth-order valence-corrected chi connectivity index (χ4v) is 9.72. The van der Waals surface area contributed by atoms with Gasteiger partial charge >= 0.3 is 0 Å². The second kappa shape index (κ2) is 21.6. The molecule has 4 aromatic carbocycles. The van der Waals surface area contributed by atoms with Crippen LogP contribution in [0.4, 0.5) is 14.5 Å². The zero-order valence-corrected chi connectivity index (χ0v) is 36.4. The number of non-ortho nitro benzene ring substituents is 1. The molecule has 7 rings (SSSR count). The monoisotopic (exact) mass is 891 g/mol. The molecule has 14 heteroatoms. The zero-order chi connectivity index (χ0) is 45.9. The Bertz CT molecular complexity index is 2390. The molecular weight excluding hydrogens is 837 g/mol. The van der Waals surface area contributed by atoms with E-state index in [4.69, 9.17) is 19.0 Å². The molecule has 0 aromatic heterocycles. The van der Waals surface area contributed by atoms with Gasteiger partial charge in [0.25, 0.3) is 5.69 Å². The van der Waals surface area contributed by atoms with E-state index in [9.17, 15) is 33.9 Å². The van der Waals surface area contributed by atoms with Crippen molar-refractivity contribution in [2.24, 2.45) is 22.9 Å². The lowest BCUT2D eigenvalue weighted by molar-refractivity contribution is -0.384. The molecular formula is C51H55F2N3O9. The molecule has 6 atom stereocenters. The van der Waals surface area contributed by atoms with Crippen molar-refractivity contribution >= 4 is 23.4 Å². The highest BCUT2D eigenvalue weighted by Gasteiger charge is 2.65. The van der Waals surface area contributed by atoms with Crippen LogP contribution in [0.15, 0.2) is 127 Å². The lowest BCUT2D eigenvalue weighted by Crippen LogP contribution is -2.70. The molecule has 1 aliphatic heterocycles. The molecule has 1 amide bonds. The van der Waals surface area contributed by atoms with E-state index in [0.29, 0.717) is 53.2 Å². The number of carbonyl (C=O) groups is 1. The molecule has 3 aliphatic rings. The van der Waals surface area contributed by atoms with Gasteiger partial charge < -0.3 is 34.2 Å². The van der Waals surface area contributed by atoms with Crippen LogP contribution in [0.3, 0.4) is 0 Å². The van der Waals surface area contributed by atoms with E-state index in [1.807, 2.05) is 12.1 Å². The quantitative estimate of drug-likeness (QED) is 0.0274. The van der Waals surface area contributed by atoms with Crippen LogP contribution < -0.4 is 9.47 Å². The first-order valence-corrected chi connectivity index (χ1v) is 22.1. The van der Waals surface area contributed by atoms with Gasteiger partial charge in [0.05, 0.1) is 23.2 Å². The van der Waals surface area contributed by atoms with Crippen LogP contribution in [0.25, 0.3) is 6.08 Å². The second-order valence-electron chi connectivity index (χ2n) is 16.6.